The summed E-state index contributed by atoms with van der Waals surface area (Å²) in [7, 11) is 1.86. The maximum absolute atomic E-state index is 12.2. The van der Waals surface area contributed by atoms with Crippen molar-refractivity contribution < 1.29 is 9.59 Å². The predicted octanol–water partition coefficient (Wildman–Crippen LogP) is 1.22. The molecule has 114 valence electrons. The van der Waals surface area contributed by atoms with E-state index in [4.69, 9.17) is 0 Å². The van der Waals surface area contributed by atoms with Gasteiger partial charge in [0.2, 0.25) is 5.91 Å². The molecule has 6 heteroatoms. The summed E-state index contributed by atoms with van der Waals surface area (Å²) in [5.74, 6) is -0.177. The molecule has 0 radical (unpaired) electrons. The van der Waals surface area contributed by atoms with Crippen molar-refractivity contribution in [1.29, 1.82) is 0 Å². The molecule has 0 aromatic carbocycles. The van der Waals surface area contributed by atoms with Crippen molar-refractivity contribution in [3.05, 3.63) is 22.4 Å². The Morgan fingerprint density at radius 3 is 2.71 bits per heavy atom. The number of hydrogen-bond acceptors (Lipinski definition) is 4. The van der Waals surface area contributed by atoms with Gasteiger partial charge in [0.15, 0.2) is 0 Å². The van der Waals surface area contributed by atoms with Gasteiger partial charge in [-0.25, -0.2) is 0 Å². The molecule has 2 atom stereocenters. The van der Waals surface area contributed by atoms with E-state index in [9.17, 15) is 9.59 Å². The number of thiophene rings is 1. The topological polar surface area (TPSA) is 61.4 Å². The Morgan fingerprint density at radius 1 is 1.38 bits per heavy atom. The first-order chi connectivity index (χ1) is 10.1. The van der Waals surface area contributed by atoms with E-state index in [1.165, 1.54) is 24.2 Å². The molecule has 2 unspecified atom stereocenters. The number of piperidine rings is 1. The minimum absolute atomic E-state index is 0.00814. The molecule has 2 N–H and O–H groups in total. The molecule has 3 heterocycles. The van der Waals surface area contributed by atoms with Crippen LogP contribution in [0.15, 0.2) is 17.5 Å². The van der Waals surface area contributed by atoms with E-state index in [1.54, 1.807) is 6.07 Å². The smallest absolute Gasteiger partial charge is 0.261 e. The van der Waals surface area contributed by atoms with E-state index in [0.29, 0.717) is 23.0 Å². The Morgan fingerprint density at radius 2 is 2.10 bits per heavy atom. The summed E-state index contributed by atoms with van der Waals surface area (Å²) in [6.07, 6.45) is 4.49. The first-order valence-electron chi connectivity index (χ1n) is 7.47. The van der Waals surface area contributed by atoms with Gasteiger partial charge in [0.1, 0.15) is 0 Å². The highest BCUT2D eigenvalue weighted by atomic mass is 32.1. The van der Waals surface area contributed by atoms with Crippen LogP contribution in [0.4, 0.5) is 0 Å². The summed E-state index contributed by atoms with van der Waals surface area (Å²) in [5, 5.41) is 8.14. The van der Waals surface area contributed by atoms with Crippen LogP contribution in [0.3, 0.4) is 0 Å². The lowest BCUT2D eigenvalue weighted by atomic mass is 9.98. The van der Waals surface area contributed by atoms with Gasteiger partial charge in [-0.3, -0.25) is 9.59 Å². The molecule has 0 spiro atoms. The van der Waals surface area contributed by atoms with Gasteiger partial charge in [0.05, 0.1) is 11.4 Å². The summed E-state index contributed by atoms with van der Waals surface area (Å²) < 4.78 is 0. The van der Waals surface area contributed by atoms with Gasteiger partial charge in [-0.15, -0.1) is 11.3 Å². The molecule has 5 nitrogen and oxygen atoms in total. The highest BCUT2D eigenvalue weighted by Gasteiger charge is 2.36. The predicted molar refractivity (Wildman–Crippen MR) is 82.4 cm³/mol. The molecule has 2 aliphatic rings. The van der Waals surface area contributed by atoms with E-state index >= 15 is 0 Å². The Kier molecular flexibility index (Phi) is 4.26. The van der Waals surface area contributed by atoms with Crippen LogP contribution in [-0.4, -0.2) is 48.4 Å². The van der Waals surface area contributed by atoms with Gasteiger partial charge in [0, 0.05) is 25.2 Å². The standard InChI is InChI=1S/C15H21N3O2S/c1-18(12-7-10-4-5-11(8-12)17-10)14(19)9-16-15(20)13-3-2-6-21-13/h2-3,6,10-12,17H,4-5,7-9H2,1H3,(H,16,20). The van der Waals surface area contributed by atoms with E-state index in [0.717, 1.165) is 12.8 Å². The lowest BCUT2D eigenvalue weighted by Crippen LogP contribution is -2.50. The number of carbonyl (C=O) groups is 2. The lowest BCUT2D eigenvalue weighted by Gasteiger charge is -2.35. The van der Waals surface area contributed by atoms with Crippen molar-refractivity contribution in [1.82, 2.24) is 15.5 Å². The van der Waals surface area contributed by atoms with Gasteiger partial charge in [0.25, 0.3) is 5.91 Å². The summed E-state index contributed by atoms with van der Waals surface area (Å²) in [4.78, 5) is 26.6. The summed E-state index contributed by atoms with van der Waals surface area (Å²) in [5.41, 5.74) is 0. The summed E-state index contributed by atoms with van der Waals surface area (Å²) >= 11 is 1.38. The maximum atomic E-state index is 12.2. The third kappa shape index (κ3) is 3.27. The van der Waals surface area contributed by atoms with Crippen molar-refractivity contribution in [2.24, 2.45) is 0 Å². The lowest BCUT2D eigenvalue weighted by molar-refractivity contribution is -0.131. The summed E-state index contributed by atoms with van der Waals surface area (Å²) in [6.45, 7) is 0.0759. The van der Waals surface area contributed by atoms with Crippen LogP contribution in [0.25, 0.3) is 0 Å². The van der Waals surface area contributed by atoms with Crippen LogP contribution >= 0.6 is 11.3 Å². The van der Waals surface area contributed by atoms with Crippen LogP contribution < -0.4 is 10.6 Å². The number of hydrogen-bond donors (Lipinski definition) is 2. The van der Waals surface area contributed by atoms with Gasteiger partial charge in [-0.05, 0) is 37.1 Å². The fourth-order valence-electron chi connectivity index (χ4n) is 3.32. The van der Waals surface area contributed by atoms with E-state index in [-0.39, 0.29) is 18.4 Å². The largest absolute Gasteiger partial charge is 0.342 e. The molecule has 2 amide bonds. The Labute approximate surface area is 128 Å². The normalized spacial score (nSPS) is 27.4. The highest BCUT2D eigenvalue weighted by Crippen LogP contribution is 2.29. The number of fused-ring (bicyclic) bond motifs is 2. The molecule has 3 rings (SSSR count). The first-order valence-corrected chi connectivity index (χ1v) is 8.35. The van der Waals surface area contributed by atoms with Crippen LogP contribution in [-0.2, 0) is 4.79 Å². The third-order valence-electron chi connectivity index (χ3n) is 4.53. The van der Waals surface area contributed by atoms with Crippen molar-refractivity contribution in [2.45, 2.75) is 43.8 Å². The molecule has 21 heavy (non-hydrogen) atoms. The zero-order valence-electron chi connectivity index (χ0n) is 12.2. The molecule has 1 aromatic heterocycles. The average molecular weight is 307 g/mol. The number of rotatable bonds is 4. The molecule has 2 aliphatic heterocycles. The molecule has 2 fully saturated rings. The fraction of sp³-hybridized carbons (Fsp3) is 0.600. The van der Waals surface area contributed by atoms with Crippen LogP contribution in [0.1, 0.15) is 35.4 Å². The second kappa shape index (κ2) is 6.15. The zero-order chi connectivity index (χ0) is 14.8. The molecule has 1 aromatic rings. The van der Waals surface area contributed by atoms with Crippen molar-refractivity contribution >= 4 is 23.2 Å². The first kappa shape index (κ1) is 14.5. The zero-order valence-corrected chi connectivity index (χ0v) is 13.0. The van der Waals surface area contributed by atoms with Gasteiger partial charge in [-0.1, -0.05) is 6.07 Å². The van der Waals surface area contributed by atoms with Crippen molar-refractivity contribution in [2.75, 3.05) is 13.6 Å². The fourth-order valence-corrected chi connectivity index (χ4v) is 3.96. The average Bonchev–Trinajstić information content (AvgIpc) is 3.13. The minimum atomic E-state index is -0.169. The molecule has 0 aliphatic carbocycles. The monoisotopic (exact) mass is 307 g/mol. The Bertz CT molecular complexity index is 505. The molecular formula is C15H21N3O2S. The van der Waals surface area contributed by atoms with Crippen molar-refractivity contribution in [3.8, 4) is 0 Å². The number of carbonyl (C=O) groups excluding carboxylic acids is 2. The second-order valence-electron chi connectivity index (χ2n) is 5.93. The number of nitrogens with one attached hydrogen (secondary N) is 2. The highest BCUT2D eigenvalue weighted by molar-refractivity contribution is 7.12. The van der Waals surface area contributed by atoms with E-state index < -0.39 is 0 Å². The van der Waals surface area contributed by atoms with Gasteiger partial charge in [-0.2, -0.15) is 0 Å². The van der Waals surface area contributed by atoms with Crippen LogP contribution in [0, 0.1) is 0 Å². The van der Waals surface area contributed by atoms with E-state index in [1.807, 2.05) is 23.4 Å². The molecule has 2 saturated heterocycles. The van der Waals surface area contributed by atoms with Crippen LogP contribution in [0.5, 0.6) is 0 Å². The number of nitrogens with zero attached hydrogens (tertiary/aromatic N) is 1. The molecule has 0 saturated carbocycles. The quantitative estimate of drug-likeness (QED) is 0.879. The van der Waals surface area contributed by atoms with Gasteiger partial charge < -0.3 is 15.5 Å². The number of amides is 2. The third-order valence-corrected chi connectivity index (χ3v) is 5.40. The SMILES string of the molecule is CN(C(=O)CNC(=O)c1cccs1)C1CC2CCC(C1)N2. The second-order valence-corrected chi connectivity index (χ2v) is 6.88. The molecular weight excluding hydrogens is 286 g/mol. The number of likely N-dealkylation sites (N-methyl/N-ethyl adjacent to an activating group) is 1. The van der Waals surface area contributed by atoms with Gasteiger partial charge >= 0.3 is 0 Å². The Hall–Kier alpha value is -1.40. The van der Waals surface area contributed by atoms with Crippen molar-refractivity contribution in [3.63, 3.8) is 0 Å². The maximum Gasteiger partial charge on any atom is 0.261 e. The molecule has 2 bridgehead atoms. The minimum Gasteiger partial charge on any atom is -0.342 e. The summed E-state index contributed by atoms with van der Waals surface area (Å²) in [6, 6.07) is 5.01. The van der Waals surface area contributed by atoms with E-state index in [2.05, 4.69) is 10.6 Å². The van der Waals surface area contributed by atoms with Crippen LogP contribution in [0.2, 0.25) is 0 Å². The Balaban J connectivity index is 1.49.